The zero-order valence-corrected chi connectivity index (χ0v) is 16.0. The van der Waals surface area contributed by atoms with E-state index in [1.807, 2.05) is 13.8 Å². The Hall–Kier alpha value is -1.79. The van der Waals surface area contributed by atoms with Crippen LogP contribution in [0.1, 0.15) is 11.1 Å². The van der Waals surface area contributed by atoms with Crippen molar-refractivity contribution >= 4 is 21.4 Å². The molecule has 2 aromatic heterocycles. The number of rotatable bonds is 3. The van der Waals surface area contributed by atoms with Crippen LogP contribution in [0.25, 0.3) is 10.4 Å². The fourth-order valence-corrected chi connectivity index (χ4v) is 2.98. The van der Waals surface area contributed by atoms with Gasteiger partial charge in [0, 0.05) is 25.7 Å². The first-order chi connectivity index (χ1) is 9.95. The normalized spacial score (nSPS) is 11.2. The van der Waals surface area contributed by atoms with Gasteiger partial charge in [-0.05, 0) is 31.5 Å². The molecule has 3 aromatic rings. The smallest absolute Gasteiger partial charge is 0.141 e. The van der Waals surface area contributed by atoms with Crippen molar-refractivity contribution in [2.75, 3.05) is 0 Å². The molecule has 0 aliphatic rings. The van der Waals surface area contributed by atoms with Gasteiger partial charge in [0.05, 0.1) is 4.90 Å². The molecule has 0 aliphatic heterocycles. The zero-order valence-electron chi connectivity index (χ0n) is 12.3. The number of hydrogen-bond donors (Lipinski definition) is 0. The first kappa shape index (κ1) is 16.6. The van der Waals surface area contributed by atoms with Crippen LogP contribution < -0.4 is 0 Å². The van der Waals surface area contributed by atoms with E-state index < -0.39 is 10.0 Å². The molecule has 110 valence electrons. The van der Waals surface area contributed by atoms with Crippen molar-refractivity contribution in [1.82, 2.24) is 14.6 Å². The molecule has 0 N–H and O–H groups in total. The molecule has 2 heterocycles. The van der Waals surface area contributed by atoms with Gasteiger partial charge in [-0.25, -0.2) is 17.9 Å². The monoisotopic (exact) mass is 365 g/mol. The summed E-state index contributed by atoms with van der Waals surface area (Å²) in [6, 6.07) is 8.25. The molecule has 0 spiro atoms. The Balaban J connectivity index is 0.00000176. The SMILES string of the molecule is Cc1ccc(S(=O)(=O)[N-]c2cc(C)cn3ncnc23)cc1.[Zn]. The predicted molar refractivity (Wildman–Crippen MR) is 79.1 cm³/mol. The van der Waals surface area contributed by atoms with Gasteiger partial charge in [-0.1, -0.05) is 29.4 Å². The van der Waals surface area contributed by atoms with Crippen LogP contribution in [-0.2, 0) is 29.5 Å². The zero-order chi connectivity index (χ0) is 15.0. The van der Waals surface area contributed by atoms with E-state index in [1.54, 1.807) is 36.5 Å². The third-order valence-corrected chi connectivity index (χ3v) is 4.33. The summed E-state index contributed by atoms with van der Waals surface area (Å²) in [6.45, 7) is 3.74. The maximum absolute atomic E-state index is 12.4. The van der Waals surface area contributed by atoms with Gasteiger partial charge < -0.3 is 4.72 Å². The molecule has 0 saturated carbocycles. The molecular weight excluding hydrogens is 354 g/mol. The summed E-state index contributed by atoms with van der Waals surface area (Å²) < 4.78 is 30.1. The standard InChI is InChI=1S/C14H13N4O2S.Zn/c1-10-3-5-12(6-4-10)21(19,20)17-13-7-11(2)8-18-14(13)15-9-16-18;/h3-9H,1-2H3;/q-1;. The van der Waals surface area contributed by atoms with E-state index in [2.05, 4.69) is 14.8 Å². The van der Waals surface area contributed by atoms with Crippen molar-refractivity contribution in [3.8, 4) is 0 Å². The molecule has 3 rings (SSSR count). The Kier molecular flexibility index (Phi) is 4.63. The number of fused-ring (bicyclic) bond motifs is 1. The molecule has 0 bridgehead atoms. The van der Waals surface area contributed by atoms with Crippen molar-refractivity contribution < 1.29 is 27.9 Å². The second kappa shape index (κ2) is 6.14. The third kappa shape index (κ3) is 3.18. The Morgan fingerprint density at radius 3 is 2.45 bits per heavy atom. The third-order valence-electron chi connectivity index (χ3n) is 3.03. The van der Waals surface area contributed by atoms with E-state index in [4.69, 9.17) is 0 Å². The topological polar surface area (TPSA) is 78.4 Å². The number of pyridine rings is 1. The van der Waals surface area contributed by atoms with Gasteiger partial charge >= 0.3 is 0 Å². The van der Waals surface area contributed by atoms with Gasteiger partial charge in [0.25, 0.3) is 0 Å². The summed E-state index contributed by atoms with van der Waals surface area (Å²) in [5.41, 5.74) is 2.54. The van der Waals surface area contributed by atoms with E-state index in [1.165, 1.54) is 10.8 Å². The van der Waals surface area contributed by atoms with Gasteiger partial charge in [-0.3, -0.25) is 0 Å². The second-order valence-electron chi connectivity index (χ2n) is 4.81. The Morgan fingerprint density at radius 1 is 1.09 bits per heavy atom. The van der Waals surface area contributed by atoms with Crippen LogP contribution in [0.4, 0.5) is 5.69 Å². The molecule has 0 aliphatic carbocycles. The Bertz CT molecular complexity index is 904. The first-order valence-electron chi connectivity index (χ1n) is 6.30. The molecule has 0 fully saturated rings. The van der Waals surface area contributed by atoms with Crippen molar-refractivity contribution in [3.63, 3.8) is 0 Å². The van der Waals surface area contributed by atoms with E-state index in [9.17, 15) is 8.42 Å². The molecule has 0 unspecified atom stereocenters. The summed E-state index contributed by atoms with van der Waals surface area (Å²) >= 11 is 0. The maximum Gasteiger partial charge on any atom is 0.141 e. The van der Waals surface area contributed by atoms with E-state index in [-0.39, 0.29) is 30.1 Å². The van der Waals surface area contributed by atoms with Gasteiger partial charge in [0.1, 0.15) is 22.0 Å². The molecule has 0 saturated heterocycles. The Morgan fingerprint density at radius 2 is 1.77 bits per heavy atom. The van der Waals surface area contributed by atoms with Crippen LogP contribution in [-0.4, -0.2) is 23.0 Å². The van der Waals surface area contributed by atoms with Crippen molar-refractivity contribution in [2.45, 2.75) is 18.7 Å². The molecule has 22 heavy (non-hydrogen) atoms. The van der Waals surface area contributed by atoms with Gasteiger partial charge in [0.15, 0.2) is 0 Å². The average molecular weight is 367 g/mol. The van der Waals surface area contributed by atoms with E-state index >= 15 is 0 Å². The first-order valence-corrected chi connectivity index (χ1v) is 7.74. The molecular formula is C14H13N4O2SZn-. The van der Waals surface area contributed by atoms with Gasteiger partial charge in [-0.2, -0.15) is 5.10 Å². The molecule has 6 nitrogen and oxygen atoms in total. The number of aromatic nitrogens is 3. The van der Waals surface area contributed by atoms with Crippen LogP contribution in [0.5, 0.6) is 0 Å². The number of aryl methyl sites for hydroxylation is 2. The van der Waals surface area contributed by atoms with Crippen LogP contribution in [0.15, 0.2) is 47.8 Å². The van der Waals surface area contributed by atoms with E-state index in [0.717, 1.165) is 11.1 Å². The van der Waals surface area contributed by atoms with Crippen molar-refractivity contribution in [3.05, 3.63) is 58.7 Å². The molecule has 0 amide bonds. The number of benzene rings is 1. The largest absolute Gasteiger partial charge is 0.570 e. The molecule has 0 radical (unpaired) electrons. The predicted octanol–water partition coefficient (Wildman–Crippen LogP) is 2.74. The fraction of sp³-hybridized carbons (Fsp3) is 0.143. The minimum absolute atomic E-state index is 0. The van der Waals surface area contributed by atoms with Crippen molar-refractivity contribution in [1.29, 1.82) is 0 Å². The number of nitrogens with zero attached hydrogens (tertiary/aromatic N) is 4. The Labute approximate surface area is 141 Å². The minimum atomic E-state index is -3.77. The summed E-state index contributed by atoms with van der Waals surface area (Å²) in [7, 11) is -3.77. The summed E-state index contributed by atoms with van der Waals surface area (Å²) in [5, 5.41) is 4.01. The van der Waals surface area contributed by atoms with Crippen molar-refractivity contribution in [2.24, 2.45) is 0 Å². The quantitative estimate of drug-likeness (QED) is 0.668. The average Bonchev–Trinajstić information content (AvgIpc) is 2.87. The van der Waals surface area contributed by atoms with Crippen LogP contribution >= 0.6 is 0 Å². The number of sulfonamides is 1. The van der Waals surface area contributed by atoms with Crippen LogP contribution in [0, 0.1) is 13.8 Å². The van der Waals surface area contributed by atoms with E-state index in [0.29, 0.717) is 5.65 Å². The number of hydrogen-bond acceptors (Lipinski definition) is 4. The van der Waals surface area contributed by atoms with Crippen LogP contribution in [0.3, 0.4) is 0 Å². The minimum Gasteiger partial charge on any atom is -0.570 e. The summed E-state index contributed by atoms with van der Waals surface area (Å²) in [6.07, 6.45) is 3.13. The summed E-state index contributed by atoms with van der Waals surface area (Å²) in [4.78, 5) is 4.20. The molecule has 8 heteroatoms. The summed E-state index contributed by atoms with van der Waals surface area (Å²) in [5.74, 6) is 0. The van der Waals surface area contributed by atoms with Crippen LogP contribution in [0.2, 0.25) is 0 Å². The molecule has 1 aromatic carbocycles. The van der Waals surface area contributed by atoms with Gasteiger partial charge in [-0.15, -0.1) is 0 Å². The second-order valence-corrected chi connectivity index (χ2v) is 6.41. The maximum atomic E-state index is 12.4. The van der Waals surface area contributed by atoms with Gasteiger partial charge in [0.2, 0.25) is 0 Å². The fourth-order valence-electron chi connectivity index (χ4n) is 2.00. The molecule has 0 atom stereocenters.